The number of hydrogen-bond donors (Lipinski definition) is 0. The molecule has 0 N–H and O–H groups in total. The van der Waals surface area contributed by atoms with E-state index in [9.17, 15) is 13.2 Å². The highest BCUT2D eigenvalue weighted by Crippen LogP contribution is 2.37. The van der Waals surface area contributed by atoms with Gasteiger partial charge in [0.2, 0.25) is 0 Å². The molecule has 1 aromatic heterocycles. The smallest absolute Gasteiger partial charge is 0.420 e. The Morgan fingerprint density at radius 1 is 1.50 bits per heavy atom. The summed E-state index contributed by atoms with van der Waals surface area (Å²) in [6.07, 6.45) is -3.28. The summed E-state index contributed by atoms with van der Waals surface area (Å²) in [6, 6.07) is 0.910. The Bertz CT molecular complexity index is 327. The molecule has 0 radical (unpaired) electrons. The summed E-state index contributed by atoms with van der Waals surface area (Å²) >= 11 is 1.71. The maximum atomic E-state index is 12.4. The zero-order valence-corrected chi connectivity index (χ0v) is 9.39. The van der Waals surface area contributed by atoms with Crippen molar-refractivity contribution in [3.8, 4) is 5.75 Å². The number of ether oxygens (including phenoxy) is 1. The summed E-state index contributed by atoms with van der Waals surface area (Å²) in [5.41, 5.74) is -0.779. The van der Waals surface area contributed by atoms with E-state index in [1.54, 1.807) is 29.5 Å². The fourth-order valence-corrected chi connectivity index (χ4v) is 1.53. The average Bonchev–Trinajstić information content (AvgIpc) is 2.07. The molecule has 14 heavy (non-hydrogen) atoms. The van der Waals surface area contributed by atoms with Gasteiger partial charge in [-0.05, 0) is 35.6 Å². The highest BCUT2D eigenvalue weighted by molar-refractivity contribution is 14.1. The SMILES string of the molecule is CCOc1c(C(F)(F)F)ccnc1I. The third-order valence-corrected chi connectivity index (χ3v) is 2.22. The maximum Gasteiger partial charge on any atom is 0.420 e. The van der Waals surface area contributed by atoms with Gasteiger partial charge >= 0.3 is 6.18 Å². The molecule has 1 rings (SSSR count). The first kappa shape index (κ1) is 11.5. The van der Waals surface area contributed by atoms with Crippen molar-refractivity contribution in [1.82, 2.24) is 4.98 Å². The molecule has 0 bridgehead atoms. The number of aromatic nitrogens is 1. The van der Waals surface area contributed by atoms with E-state index in [-0.39, 0.29) is 16.1 Å². The fourth-order valence-electron chi connectivity index (χ4n) is 0.928. The number of pyridine rings is 1. The van der Waals surface area contributed by atoms with Gasteiger partial charge in [-0.15, -0.1) is 0 Å². The first-order chi connectivity index (χ1) is 6.46. The van der Waals surface area contributed by atoms with Crippen LogP contribution in [0.25, 0.3) is 0 Å². The van der Waals surface area contributed by atoms with Crippen molar-refractivity contribution in [2.75, 3.05) is 6.61 Å². The van der Waals surface area contributed by atoms with Gasteiger partial charge in [-0.3, -0.25) is 0 Å². The van der Waals surface area contributed by atoms with E-state index in [1.165, 1.54) is 0 Å². The van der Waals surface area contributed by atoms with Crippen molar-refractivity contribution >= 4 is 22.6 Å². The maximum absolute atomic E-state index is 12.4. The molecule has 0 spiro atoms. The summed E-state index contributed by atoms with van der Waals surface area (Å²) < 4.78 is 42.4. The van der Waals surface area contributed by atoms with Crippen LogP contribution in [0, 0.1) is 3.70 Å². The Morgan fingerprint density at radius 2 is 2.14 bits per heavy atom. The predicted octanol–water partition coefficient (Wildman–Crippen LogP) is 3.10. The van der Waals surface area contributed by atoms with Crippen LogP contribution in [0.2, 0.25) is 0 Å². The highest BCUT2D eigenvalue weighted by Gasteiger charge is 2.35. The molecule has 6 heteroatoms. The number of nitrogens with zero attached hydrogens (tertiary/aromatic N) is 1. The van der Waals surface area contributed by atoms with Crippen molar-refractivity contribution in [2.45, 2.75) is 13.1 Å². The lowest BCUT2D eigenvalue weighted by molar-refractivity contribution is -0.139. The quantitative estimate of drug-likeness (QED) is 0.618. The third kappa shape index (κ3) is 2.49. The monoisotopic (exact) mass is 317 g/mol. The molecule has 0 amide bonds. The van der Waals surface area contributed by atoms with Gasteiger partial charge in [-0.2, -0.15) is 13.2 Å². The first-order valence-electron chi connectivity index (χ1n) is 3.81. The van der Waals surface area contributed by atoms with Crippen LogP contribution in [-0.2, 0) is 6.18 Å². The second-order valence-electron chi connectivity index (χ2n) is 2.41. The topological polar surface area (TPSA) is 22.1 Å². The summed E-state index contributed by atoms with van der Waals surface area (Å²) in [4.78, 5) is 3.73. The van der Waals surface area contributed by atoms with E-state index in [0.29, 0.717) is 0 Å². The van der Waals surface area contributed by atoms with Crippen molar-refractivity contribution in [1.29, 1.82) is 0 Å². The lowest BCUT2D eigenvalue weighted by Gasteiger charge is -2.13. The Balaban J connectivity index is 3.21. The van der Waals surface area contributed by atoms with Crippen molar-refractivity contribution in [2.24, 2.45) is 0 Å². The second kappa shape index (κ2) is 4.33. The van der Waals surface area contributed by atoms with Crippen LogP contribution in [0.4, 0.5) is 13.2 Å². The molecule has 0 saturated carbocycles. The molecule has 1 heterocycles. The lowest BCUT2D eigenvalue weighted by atomic mass is 10.2. The molecule has 1 aromatic rings. The summed E-state index contributed by atoms with van der Waals surface area (Å²) in [5, 5.41) is 0. The molecule has 0 fully saturated rings. The largest absolute Gasteiger partial charge is 0.490 e. The molecule has 78 valence electrons. The molecular weight excluding hydrogens is 310 g/mol. The van der Waals surface area contributed by atoms with Gasteiger partial charge in [0.25, 0.3) is 0 Å². The van der Waals surface area contributed by atoms with Gasteiger partial charge in [0.15, 0.2) is 5.75 Å². The Labute approximate surface area is 92.6 Å². The van der Waals surface area contributed by atoms with Crippen molar-refractivity contribution < 1.29 is 17.9 Å². The second-order valence-corrected chi connectivity index (χ2v) is 3.43. The standard InChI is InChI=1S/C8H7F3INO/c1-2-14-6-5(8(9,10)11)3-4-13-7(6)12/h3-4H,2H2,1H3. The Morgan fingerprint density at radius 3 is 2.64 bits per heavy atom. The molecule has 0 aliphatic carbocycles. The van der Waals surface area contributed by atoms with Gasteiger partial charge in [-0.25, -0.2) is 4.98 Å². The van der Waals surface area contributed by atoms with E-state index >= 15 is 0 Å². The predicted molar refractivity (Wildman–Crippen MR) is 53.1 cm³/mol. The van der Waals surface area contributed by atoms with Crippen LogP contribution in [0.3, 0.4) is 0 Å². The minimum Gasteiger partial charge on any atom is -0.490 e. The van der Waals surface area contributed by atoms with Gasteiger partial charge < -0.3 is 4.74 Å². The van der Waals surface area contributed by atoms with Gasteiger partial charge in [0, 0.05) is 6.20 Å². The van der Waals surface area contributed by atoms with Crippen LogP contribution in [0.15, 0.2) is 12.3 Å². The van der Waals surface area contributed by atoms with E-state index in [2.05, 4.69) is 4.98 Å². The van der Waals surface area contributed by atoms with Crippen LogP contribution >= 0.6 is 22.6 Å². The third-order valence-electron chi connectivity index (χ3n) is 1.46. The molecule has 0 aliphatic rings. The summed E-state index contributed by atoms with van der Waals surface area (Å²) in [5.74, 6) is -0.192. The van der Waals surface area contributed by atoms with Crippen LogP contribution in [-0.4, -0.2) is 11.6 Å². The normalized spacial score (nSPS) is 11.5. The molecule has 0 aliphatic heterocycles. The molecule has 0 atom stereocenters. The van der Waals surface area contributed by atoms with E-state index in [0.717, 1.165) is 12.3 Å². The van der Waals surface area contributed by atoms with Crippen LogP contribution < -0.4 is 4.74 Å². The van der Waals surface area contributed by atoms with E-state index in [1.807, 2.05) is 0 Å². The van der Waals surface area contributed by atoms with E-state index in [4.69, 9.17) is 4.74 Å². The zero-order valence-electron chi connectivity index (χ0n) is 7.23. The first-order valence-corrected chi connectivity index (χ1v) is 4.89. The van der Waals surface area contributed by atoms with Gasteiger partial charge in [0.05, 0.1) is 6.61 Å². The molecule has 0 unspecified atom stereocenters. The van der Waals surface area contributed by atoms with Crippen molar-refractivity contribution in [3.05, 3.63) is 21.5 Å². The minimum atomic E-state index is -4.40. The van der Waals surface area contributed by atoms with Crippen LogP contribution in [0.1, 0.15) is 12.5 Å². The lowest BCUT2D eigenvalue weighted by Crippen LogP contribution is -2.10. The molecule has 0 aromatic carbocycles. The number of rotatable bonds is 2. The number of halogens is 4. The Kier molecular flexibility index (Phi) is 3.57. The molecule has 0 saturated heterocycles. The minimum absolute atomic E-state index is 0.185. The zero-order chi connectivity index (χ0) is 10.8. The Hall–Kier alpha value is -0.530. The van der Waals surface area contributed by atoms with Gasteiger partial charge in [-0.1, -0.05) is 0 Å². The molecular formula is C8H7F3INO. The van der Waals surface area contributed by atoms with Crippen LogP contribution in [0.5, 0.6) is 5.75 Å². The summed E-state index contributed by atoms with van der Waals surface area (Å²) in [7, 11) is 0. The fraction of sp³-hybridized carbons (Fsp3) is 0.375. The summed E-state index contributed by atoms with van der Waals surface area (Å²) in [6.45, 7) is 1.81. The number of hydrogen-bond acceptors (Lipinski definition) is 2. The van der Waals surface area contributed by atoms with Crippen molar-refractivity contribution in [3.63, 3.8) is 0 Å². The highest BCUT2D eigenvalue weighted by atomic mass is 127. The average molecular weight is 317 g/mol. The number of alkyl halides is 3. The van der Waals surface area contributed by atoms with Gasteiger partial charge in [0.1, 0.15) is 9.26 Å². The van der Waals surface area contributed by atoms with E-state index < -0.39 is 11.7 Å². The molecule has 2 nitrogen and oxygen atoms in total.